The Balaban J connectivity index is 1.67. The Labute approximate surface area is 133 Å². The summed E-state index contributed by atoms with van der Waals surface area (Å²) in [5, 5.41) is 7.13. The van der Waals surface area contributed by atoms with Gasteiger partial charge in [0, 0.05) is 26.3 Å². The molecule has 1 unspecified atom stereocenters. The molecule has 2 aliphatic rings. The molecule has 1 atom stereocenters. The van der Waals surface area contributed by atoms with Crippen LogP contribution in [0.15, 0.2) is 35.3 Å². The van der Waals surface area contributed by atoms with Crippen molar-refractivity contribution in [3.63, 3.8) is 0 Å². The van der Waals surface area contributed by atoms with Gasteiger partial charge >= 0.3 is 0 Å². The second-order valence-corrected chi connectivity index (χ2v) is 6.39. The molecule has 1 aliphatic carbocycles. The summed E-state index contributed by atoms with van der Waals surface area (Å²) in [6, 6.07) is 11.7. The molecule has 4 heteroatoms. The van der Waals surface area contributed by atoms with E-state index in [0.29, 0.717) is 12.1 Å². The monoisotopic (exact) mass is 301 g/mol. The summed E-state index contributed by atoms with van der Waals surface area (Å²) in [5.74, 6) is 1.66. The van der Waals surface area contributed by atoms with Crippen LogP contribution in [0, 0.1) is 5.92 Å². The zero-order valence-corrected chi connectivity index (χ0v) is 13.4. The first-order chi connectivity index (χ1) is 10.8. The lowest BCUT2D eigenvalue weighted by Gasteiger charge is -2.28. The molecule has 3 rings (SSSR count). The minimum absolute atomic E-state index is 0.314. The maximum Gasteiger partial charge on any atom is 0.191 e. The number of nitrogens with zero attached hydrogens (tertiary/aromatic N) is 1. The van der Waals surface area contributed by atoms with Crippen molar-refractivity contribution in [1.29, 1.82) is 0 Å². The van der Waals surface area contributed by atoms with E-state index in [9.17, 15) is 0 Å². The number of benzene rings is 1. The van der Waals surface area contributed by atoms with Gasteiger partial charge in [0.1, 0.15) is 0 Å². The van der Waals surface area contributed by atoms with E-state index < -0.39 is 0 Å². The first-order valence-corrected chi connectivity index (χ1v) is 8.47. The quantitative estimate of drug-likeness (QED) is 0.649. The molecule has 2 N–H and O–H groups in total. The predicted molar refractivity (Wildman–Crippen MR) is 90.0 cm³/mol. The van der Waals surface area contributed by atoms with E-state index in [2.05, 4.69) is 46.0 Å². The molecule has 22 heavy (non-hydrogen) atoms. The Hall–Kier alpha value is -1.55. The van der Waals surface area contributed by atoms with Gasteiger partial charge in [0.25, 0.3) is 0 Å². The molecular weight excluding hydrogens is 274 g/mol. The highest BCUT2D eigenvalue weighted by Crippen LogP contribution is 2.28. The third-order valence-electron chi connectivity index (χ3n) is 4.56. The van der Waals surface area contributed by atoms with Gasteiger partial charge in [-0.25, -0.2) is 0 Å². The Morgan fingerprint density at radius 2 is 1.91 bits per heavy atom. The van der Waals surface area contributed by atoms with Gasteiger partial charge in [0.05, 0.1) is 6.04 Å². The highest BCUT2D eigenvalue weighted by atomic mass is 16.5. The minimum Gasteiger partial charge on any atom is -0.381 e. The molecule has 0 bridgehead atoms. The number of aliphatic imine (C=N–C) groups is 1. The van der Waals surface area contributed by atoms with Crippen LogP contribution >= 0.6 is 0 Å². The van der Waals surface area contributed by atoms with Crippen LogP contribution in [0.25, 0.3) is 0 Å². The highest BCUT2D eigenvalue weighted by Gasteiger charge is 2.25. The van der Waals surface area contributed by atoms with E-state index in [0.717, 1.165) is 31.5 Å². The summed E-state index contributed by atoms with van der Waals surface area (Å²) < 4.78 is 5.49. The van der Waals surface area contributed by atoms with Gasteiger partial charge in [0.2, 0.25) is 0 Å². The molecule has 4 nitrogen and oxygen atoms in total. The Morgan fingerprint density at radius 1 is 1.18 bits per heavy atom. The van der Waals surface area contributed by atoms with Gasteiger partial charge in [-0.05, 0) is 43.6 Å². The normalized spacial score (nSPS) is 21.4. The third kappa shape index (κ3) is 4.47. The van der Waals surface area contributed by atoms with E-state index in [1.165, 1.54) is 31.2 Å². The van der Waals surface area contributed by atoms with E-state index in [1.807, 2.05) is 7.05 Å². The second kappa shape index (κ2) is 7.63. The molecule has 0 amide bonds. The van der Waals surface area contributed by atoms with Crippen molar-refractivity contribution in [1.82, 2.24) is 10.6 Å². The van der Waals surface area contributed by atoms with Gasteiger partial charge in [-0.15, -0.1) is 0 Å². The number of ether oxygens (including phenoxy) is 1. The fourth-order valence-electron chi connectivity index (χ4n) is 3.04. The van der Waals surface area contributed by atoms with E-state index >= 15 is 0 Å². The van der Waals surface area contributed by atoms with Gasteiger partial charge in [-0.2, -0.15) is 0 Å². The van der Waals surface area contributed by atoms with Crippen molar-refractivity contribution in [2.24, 2.45) is 10.9 Å². The van der Waals surface area contributed by atoms with Crippen LogP contribution in [0.3, 0.4) is 0 Å². The maximum absolute atomic E-state index is 5.49. The summed E-state index contributed by atoms with van der Waals surface area (Å²) in [5.41, 5.74) is 1.34. The van der Waals surface area contributed by atoms with Gasteiger partial charge in [-0.1, -0.05) is 30.3 Å². The van der Waals surface area contributed by atoms with Crippen molar-refractivity contribution in [3.05, 3.63) is 35.9 Å². The molecule has 1 aliphatic heterocycles. The van der Waals surface area contributed by atoms with Gasteiger partial charge < -0.3 is 15.4 Å². The van der Waals surface area contributed by atoms with Crippen molar-refractivity contribution >= 4 is 5.96 Å². The number of hydrogen-bond donors (Lipinski definition) is 2. The average molecular weight is 301 g/mol. The fourth-order valence-corrected chi connectivity index (χ4v) is 3.04. The van der Waals surface area contributed by atoms with Crippen molar-refractivity contribution in [2.45, 2.75) is 44.2 Å². The number of nitrogens with one attached hydrogen (secondary N) is 2. The molecule has 1 aromatic rings. The molecule has 1 heterocycles. The van der Waals surface area contributed by atoms with Crippen LogP contribution < -0.4 is 10.6 Å². The van der Waals surface area contributed by atoms with Crippen molar-refractivity contribution in [2.75, 3.05) is 20.3 Å². The smallest absolute Gasteiger partial charge is 0.191 e. The van der Waals surface area contributed by atoms with Crippen molar-refractivity contribution < 1.29 is 4.74 Å². The summed E-state index contributed by atoms with van der Waals surface area (Å²) in [4.78, 5) is 4.40. The van der Waals surface area contributed by atoms with Gasteiger partial charge in [-0.3, -0.25) is 4.99 Å². The lowest BCUT2D eigenvalue weighted by Crippen LogP contribution is -2.41. The maximum atomic E-state index is 5.49. The molecule has 2 fully saturated rings. The number of hydrogen-bond acceptors (Lipinski definition) is 2. The van der Waals surface area contributed by atoms with Crippen LogP contribution in [-0.2, 0) is 4.74 Å². The van der Waals surface area contributed by atoms with Gasteiger partial charge in [0.15, 0.2) is 5.96 Å². The standard InChI is InChI=1S/C18H27N3O/c1-19-18(20-16-7-8-16)21-17(15-5-3-2-4-6-15)13-14-9-11-22-12-10-14/h2-6,14,16-17H,7-13H2,1H3,(H2,19,20,21). The molecule has 1 saturated heterocycles. The summed E-state index contributed by atoms with van der Waals surface area (Å²) >= 11 is 0. The zero-order valence-electron chi connectivity index (χ0n) is 13.4. The zero-order chi connectivity index (χ0) is 15.2. The van der Waals surface area contributed by atoms with Crippen LogP contribution in [0.4, 0.5) is 0 Å². The second-order valence-electron chi connectivity index (χ2n) is 6.39. The molecule has 120 valence electrons. The first-order valence-electron chi connectivity index (χ1n) is 8.47. The molecular formula is C18H27N3O. The molecule has 1 saturated carbocycles. The lowest BCUT2D eigenvalue weighted by molar-refractivity contribution is 0.0611. The summed E-state index contributed by atoms with van der Waals surface area (Å²) in [6.07, 6.45) is 5.99. The number of guanidine groups is 1. The van der Waals surface area contributed by atoms with E-state index in [4.69, 9.17) is 4.74 Å². The molecule has 1 aromatic carbocycles. The predicted octanol–water partition coefficient (Wildman–Crippen LogP) is 2.87. The first kappa shape index (κ1) is 15.3. The third-order valence-corrected chi connectivity index (χ3v) is 4.56. The average Bonchev–Trinajstić information content (AvgIpc) is 3.39. The minimum atomic E-state index is 0.314. The SMILES string of the molecule is CN=C(NC1CC1)NC(CC1CCOCC1)c1ccccc1. The number of rotatable bonds is 5. The van der Waals surface area contributed by atoms with Crippen LogP contribution in [0.1, 0.15) is 43.7 Å². The van der Waals surface area contributed by atoms with E-state index in [1.54, 1.807) is 0 Å². The Bertz CT molecular complexity index is 478. The Kier molecular flexibility index (Phi) is 5.33. The lowest BCUT2D eigenvalue weighted by atomic mass is 9.89. The fraction of sp³-hybridized carbons (Fsp3) is 0.611. The molecule has 0 aromatic heterocycles. The van der Waals surface area contributed by atoms with Crippen molar-refractivity contribution in [3.8, 4) is 0 Å². The highest BCUT2D eigenvalue weighted by molar-refractivity contribution is 5.80. The van der Waals surface area contributed by atoms with Crippen LogP contribution in [0.2, 0.25) is 0 Å². The van der Waals surface area contributed by atoms with Crippen LogP contribution in [0.5, 0.6) is 0 Å². The molecule has 0 radical (unpaired) electrons. The Morgan fingerprint density at radius 3 is 2.55 bits per heavy atom. The summed E-state index contributed by atoms with van der Waals surface area (Å²) in [7, 11) is 1.86. The van der Waals surface area contributed by atoms with E-state index in [-0.39, 0.29) is 0 Å². The molecule has 0 spiro atoms. The summed E-state index contributed by atoms with van der Waals surface area (Å²) in [6.45, 7) is 1.81. The largest absolute Gasteiger partial charge is 0.381 e. The topological polar surface area (TPSA) is 45.7 Å². The van der Waals surface area contributed by atoms with Crippen LogP contribution in [-0.4, -0.2) is 32.3 Å².